The molecule has 2 saturated heterocycles. The molecule has 1 aromatic rings. The number of nitrogens with zero attached hydrogens (tertiary/aromatic N) is 2. The molecule has 8 heteroatoms. The van der Waals surface area contributed by atoms with E-state index in [0.717, 1.165) is 12.8 Å². The molecule has 0 radical (unpaired) electrons. The summed E-state index contributed by atoms with van der Waals surface area (Å²) < 4.78 is 33.4. The largest absolute Gasteiger partial charge is 0.375 e. The highest BCUT2D eigenvalue weighted by molar-refractivity contribution is 7.89. The zero-order valence-corrected chi connectivity index (χ0v) is 12.7. The number of hydrogen-bond acceptors (Lipinski definition) is 5. The molecule has 2 bridgehead atoms. The number of fused-ring (bicyclic) bond motifs is 2. The van der Waals surface area contributed by atoms with Gasteiger partial charge in [-0.3, -0.25) is 14.2 Å². The highest BCUT2D eigenvalue weighted by Crippen LogP contribution is 2.35. The van der Waals surface area contributed by atoms with Crippen molar-refractivity contribution in [1.82, 2.24) is 14.5 Å². The van der Waals surface area contributed by atoms with Gasteiger partial charge in [-0.1, -0.05) is 0 Å². The lowest BCUT2D eigenvalue weighted by molar-refractivity contribution is -0.128. The van der Waals surface area contributed by atoms with Crippen molar-refractivity contribution < 1.29 is 17.9 Å². The zero-order chi connectivity index (χ0) is 15.0. The second-order valence-corrected chi connectivity index (χ2v) is 7.55. The number of aromatic nitrogens is 2. The lowest BCUT2D eigenvalue weighted by Crippen LogP contribution is -2.40. The molecule has 7 nitrogen and oxygen atoms in total. The van der Waals surface area contributed by atoms with Gasteiger partial charge in [0.2, 0.25) is 15.9 Å². The van der Waals surface area contributed by atoms with Crippen LogP contribution in [0.3, 0.4) is 0 Å². The van der Waals surface area contributed by atoms with Crippen LogP contribution in [0.2, 0.25) is 0 Å². The molecule has 0 saturated carbocycles. The van der Waals surface area contributed by atoms with Crippen LogP contribution in [-0.2, 0) is 32.4 Å². The van der Waals surface area contributed by atoms with Crippen molar-refractivity contribution in [3.8, 4) is 0 Å². The summed E-state index contributed by atoms with van der Waals surface area (Å²) in [5, 5.41) is 4.02. The van der Waals surface area contributed by atoms with E-state index in [2.05, 4.69) is 9.82 Å². The first-order chi connectivity index (χ1) is 9.91. The molecule has 3 atom stereocenters. The number of ether oxygens (including phenoxy) is 1. The Labute approximate surface area is 123 Å². The van der Waals surface area contributed by atoms with Crippen LogP contribution in [0.15, 0.2) is 12.3 Å². The van der Waals surface area contributed by atoms with Gasteiger partial charge in [-0.2, -0.15) is 5.10 Å². The molecule has 2 fully saturated rings. The lowest BCUT2D eigenvalue weighted by atomic mass is 9.95. The van der Waals surface area contributed by atoms with Crippen molar-refractivity contribution >= 4 is 15.9 Å². The minimum absolute atomic E-state index is 0.109. The number of rotatable bonds is 4. The Balaban J connectivity index is 1.61. The SMILES string of the molecule is Cn1ccc(CS(=O)(=O)NC(=O)C2C[C@H]3CC[C@@H](C2)O3)n1. The van der Waals surface area contributed by atoms with Crippen LogP contribution in [-0.4, -0.2) is 36.3 Å². The monoisotopic (exact) mass is 313 g/mol. The van der Waals surface area contributed by atoms with Crippen molar-refractivity contribution in [3.05, 3.63) is 18.0 Å². The van der Waals surface area contributed by atoms with Crippen LogP contribution in [0.4, 0.5) is 0 Å². The molecule has 3 heterocycles. The molecule has 0 aliphatic carbocycles. The van der Waals surface area contributed by atoms with E-state index in [4.69, 9.17) is 4.74 Å². The average Bonchev–Trinajstić information content (AvgIpc) is 2.94. The Morgan fingerprint density at radius 2 is 2.10 bits per heavy atom. The van der Waals surface area contributed by atoms with Gasteiger partial charge in [0.1, 0.15) is 5.75 Å². The van der Waals surface area contributed by atoms with Gasteiger partial charge in [-0.25, -0.2) is 8.42 Å². The second-order valence-electron chi connectivity index (χ2n) is 5.83. The Hall–Kier alpha value is -1.41. The topological polar surface area (TPSA) is 90.3 Å². The van der Waals surface area contributed by atoms with Gasteiger partial charge in [-0.05, 0) is 31.7 Å². The third kappa shape index (κ3) is 3.44. The number of carbonyl (C=O) groups is 1. The lowest BCUT2D eigenvalue weighted by Gasteiger charge is -2.27. The number of sulfonamides is 1. The fourth-order valence-corrected chi connectivity index (χ4v) is 4.17. The summed E-state index contributed by atoms with van der Waals surface area (Å²) in [6.45, 7) is 0. The Morgan fingerprint density at radius 1 is 1.43 bits per heavy atom. The van der Waals surface area contributed by atoms with Crippen LogP contribution in [0.1, 0.15) is 31.4 Å². The fraction of sp³-hybridized carbons (Fsp3) is 0.692. The van der Waals surface area contributed by atoms with Crippen molar-refractivity contribution in [3.63, 3.8) is 0 Å². The van der Waals surface area contributed by atoms with E-state index in [0.29, 0.717) is 18.5 Å². The maximum Gasteiger partial charge on any atom is 0.240 e. The number of hydrogen-bond donors (Lipinski definition) is 1. The highest BCUT2D eigenvalue weighted by Gasteiger charge is 2.38. The molecule has 3 rings (SSSR count). The molecule has 0 aromatic carbocycles. The van der Waals surface area contributed by atoms with E-state index in [9.17, 15) is 13.2 Å². The summed E-state index contributed by atoms with van der Waals surface area (Å²) in [5.74, 6) is -0.962. The minimum Gasteiger partial charge on any atom is -0.375 e. The first-order valence-corrected chi connectivity index (χ1v) is 8.75. The summed E-state index contributed by atoms with van der Waals surface area (Å²) in [6.07, 6.45) is 5.05. The smallest absolute Gasteiger partial charge is 0.240 e. The molecular formula is C13H19N3O4S. The zero-order valence-electron chi connectivity index (χ0n) is 11.9. The number of amides is 1. The standard InChI is InChI=1S/C13H19N3O4S/c1-16-5-4-10(14-16)8-21(18,19)15-13(17)9-6-11-2-3-12(7-9)20-11/h4-5,9,11-12H,2-3,6-8H2,1H3,(H,15,17)/t9?,11-,12+. The molecule has 1 N–H and O–H groups in total. The van der Waals surface area contributed by atoms with Crippen molar-refractivity contribution in [2.24, 2.45) is 13.0 Å². The van der Waals surface area contributed by atoms with Crippen molar-refractivity contribution in [2.75, 3.05) is 0 Å². The van der Waals surface area contributed by atoms with Gasteiger partial charge >= 0.3 is 0 Å². The normalized spacial score (nSPS) is 28.5. The van der Waals surface area contributed by atoms with E-state index < -0.39 is 15.9 Å². The maximum absolute atomic E-state index is 12.2. The van der Waals surface area contributed by atoms with Crippen molar-refractivity contribution in [2.45, 2.75) is 43.6 Å². The molecular weight excluding hydrogens is 294 g/mol. The summed E-state index contributed by atoms with van der Waals surface area (Å²) in [4.78, 5) is 12.2. The first kappa shape index (κ1) is 14.5. The van der Waals surface area contributed by atoms with Crippen LogP contribution in [0.25, 0.3) is 0 Å². The molecule has 21 heavy (non-hydrogen) atoms. The predicted octanol–water partition coefficient (Wildman–Crippen LogP) is 0.324. The molecule has 2 aliphatic rings. The highest BCUT2D eigenvalue weighted by atomic mass is 32.2. The van der Waals surface area contributed by atoms with E-state index in [1.807, 2.05) is 0 Å². The van der Waals surface area contributed by atoms with Crippen LogP contribution in [0.5, 0.6) is 0 Å². The molecule has 2 aliphatic heterocycles. The second kappa shape index (κ2) is 5.42. The van der Waals surface area contributed by atoms with Gasteiger partial charge in [0, 0.05) is 19.2 Å². The fourth-order valence-electron chi connectivity index (χ4n) is 3.08. The molecule has 1 unspecified atom stereocenters. The Kier molecular flexibility index (Phi) is 3.75. The summed E-state index contributed by atoms with van der Waals surface area (Å²) in [7, 11) is -1.99. The minimum atomic E-state index is -3.70. The van der Waals surface area contributed by atoms with E-state index in [1.165, 1.54) is 4.68 Å². The molecule has 0 spiro atoms. The summed E-state index contributed by atoms with van der Waals surface area (Å²) in [6, 6.07) is 1.62. The van der Waals surface area contributed by atoms with Crippen LogP contribution in [0, 0.1) is 5.92 Å². The van der Waals surface area contributed by atoms with E-state index >= 15 is 0 Å². The van der Waals surface area contributed by atoms with E-state index in [1.54, 1.807) is 19.3 Å². The Bertz CT molecular complexity index is 628. The number of nitrogens with one attached hydrogen (secondary N) is 1. The van der Waals surface area contributed by atoms with Gasteiger partial charge in [-0.15, -0.1) is 0 Å². The van der Waals surface area contributed by atoms with Crippen LogP contribution < -0.4 is 4.72 Å². The summed E-state index contributed by atoms with van der Waals surface area (Å²) in [5.41, 5.74) is 0.421. The predicted molar refractivity (Wildman–Crippen MR) is 74.6 cm³/mol. The van der Waals surface area contributed by atoms with Gasteiger partial charge < -0.3 is 4.74 Å². The number of carbonyl (C=O) groups excluding carboxylic acids is 1. The third-order valence-electron chi connectivity index (χ3n) is 4.02. The van der Waals surface area contributed by atoms with Gasteiger partial charge in [0.15, 0.2) is 0 Å². The Morgan fingerprint density at radius 3 is 2.67 bits per heavy atom. The summed E-state index contributed by atoms with van der Waals surface area (Å²) >= 11 is 0. The molecule has 1 aromatic heterocycles. The first-order valence-electron chi connectivity index (χ1n) is 7.09. The van der Waals surface area contributed by atoms with Crippen molar-refractivity contribution in [1.29, 1.82) is 0 Å². The maximum atomic E-state index is 12.2. The van der Waals surface area contributed by atoms with Crippen LogP contribution >= 0.6 is 0 Å². The molecule has 1 amide bonds. The quantitative estimate of drug-likeness (QED) is 0.865. The van der Waals surface area contributed by atoms with Gasteiger partial charge in [0.25, 0.3) is 0 Å². The average molecular weight is 313 g/mol. The van der Waals surface area contributed by atoms with E-state index in [-0.39, 0.29) is 23.9 Å². The third-order valence-corrected chi connectivity index (χ3v) is 5.21. The molecule has 116 valence electrons. The van der Waals surface area contributed by atoms with Gasteiger partial charge in [0.05, 0.1) is 17.9 Å². The number of aryl methyl sites for hydroxylation is 1.